The number of aromatic nitrogens is 3. The van der Waals surface area contributed by atoms with E-state index in [2.05, 4.69) is 36.1 Å². The Bertz CT molecular complexity index is 967. The van der Waals surface area contributed by atoms with Crippen LogP contribution in [-0.2, 0) is 4.79 Å². The summed E-state index contributed by atoms with van der Waals surface area (Å²) >= 11 is 0. The number of nitrogens with one attached hydrogen (secondary N) is 2. The smallest absolute Gasteiger partial charge is 0.376 e. The highest BCUT2D eigenvalue weighted by molar-refractivity contribution is 5.88. The summed E-state index contributed by atoms with van der Waals surface area (Å²) in [6, 6.07) is 0. The molecule has 1 saturated heterocycles. The van der Waals surface area contributed by atoms with E-state index in [-0.39, 0.29) is 38.4 Å². The predicted molar refractivity (Wildman–Crippen MR) is 123 cm³/mol. The highest BCUT2D eigenvalue weighted by Gasteiger charge is 2.41. The molecule has 33 heavy (non-hydrogen) atoms. The molecule has 0 spiro atoms. The number of alkyl halides is 3. The lowest BCUT2D eigenvalue weighted by atomic mass is 9.96. The van der Waals surface area contributed by atoms with Crippen molar-refractivity contribution in [1.29, 1.82) is 0 Å². The molecule has 2 fully saturated rings. The van der Waals surface area contributed by atoms with Crippen molar-refractivity contribution in [2.75, 3.05) is 19.6 Å². The predicted octanol–water partition coefficient (Wildman–Crippen LogP) is 5.25. The van der Waals surface area contributed by atoms with Gasteiger partial charge in [-0.3, -0.25) is 4.79 Å². The normalized spacial score (nSPS) is 17.8. The molecule has 0 bridgehead atoms. The van der Waals surface area contributed by atoms with Crippen LogP contribution in [0.5, 0.6) is 0 Å². The summed E-state index contributed by atoms with van der Waals surface area (Å²) in [6.07, 6.45) is 3.49. The molecule has 2 aliphatic rings. The Morgan fingerprint density at radius 2 is 1.88 bits per heavy atom. The van der Waals surface area contributed by atoms with Crippen LogP contribution in [0.3, 0.4) is 0 Å². The van der Waals surface area contributed by atoms with E-state index in [1.807, 2.05) is 19.2 Å². The average Bonchev–Trinajstić information content (AvgIpc) is 3.53. The summed E-state index contributed by atoms with van der Waals surface area (Å²) < 4.78 is 38.4. The second-order valence-corrected chi connectivity index (χ2v) is 9.45. The van der Waals surface area contributed by atoms with E-state index in [1.54, 1.807) is 6.20 Å². The topological polar surface area (TPSA) is 73.9 Å². The molecule has 182 valence electrons. The summed E-state index contributed by atoms with van der Waals surface area (Å²) in [7, 11) is 0. The molecule has 1 saturated carbocycles. The molecule has 0 atom stereocenters. The number of hydrogen-bond donors (Lipinski definition) is 2. The van der Waals surface area contributed by atoms with Crippen LogP contribution < -0.4 is 5.32 Å². The fourth-order valence-corrected chi connectivity index (χ4v) is 3.78. The van der Waals surface area contributed by atoms with Crippen molar-refractivity contribution in [3.05, 3.63) is 29.7 Å². The Morgan fingerprint density at radius 1 is 1.24 bits per heavy atom. The van der Waals surface area contributed by atoms with Gasteiger partial charge in [0.2, 0.25) is 5.91 Å². The second-order valence-electron chi connectivity index (χ2n) is 9.45. The summed E-state index contributed by atoms with van der Waals surface area (Å²) in [4.78, 5) is 26.3. The van der Waals surface area contributed by atoms with Crippen molar-refractivity contribution in [3.8, 4) is 0 Å². The van der Waals surface area contributed by atoms with Gasteiger partial charge in [0.15, 0.2) is 5.65 Å². The summed E-state index contributed by atoms with van der Waals surface area (Å²) in [5.41, 5.74) is 4.01. The van der Waals surface area contributed by atoms with E-state index in [4.69, 9.17) is 4.98 Å². The van der Waals surface area contributed by atoms with Gasteiger partial charge in [0.25, 0.3) is 0 Å². The number of piperidine rings is 1. The van der Waals surface area contributed by atoms with Gasteiger partial charge in [-0.05, 0) is 38.5 Å². The standard InChI is InChI=1S/C20H24F3N5O.C4H10/c1-2-15(14-9-25-19-18(14)27-16(10-26-19)12-3-4-12)24-11-17(29)28-7-5-13(6-8-28)20(21,22)23;1-4(2)3/h2,9-10,12-13,24H,3-8,11H2,1H3,(H,25,26);4H,1-3H3. The number of carbonyl (C=O) groups excluding carboxylic acids is 1. The maximum atomic E-state index is 12.8. The Hall–Kier alpha value is -2.58. The average molecular weight is 466 g/mol. The van der Waals surface area contributed by atoms with Crippen LogP contribution in [0.4, 0.5) is 13.2 Å². The zero-order valence-electron chi connectivity index (χ0n) is 19.8. The lowest BCUT2D eigenvalue weighted by molar-refractivity contribution is -0.186. The minimum absolute atomic E-state index is 0.0266. The quantitative estimate of drug-likeness (QED) is 0.633. The zero-order chi connectivity index (χ0) is 24.2. The Kier molecular flexibility index (Phi) is 8.02. The minimum atomic E-state index is -4.18. The van der Waals surface area contributed by atoms with Gasteiger partial charge >= 0.3 is 6.18 Å². The van der Waals surface area contributed by atoms with E-state index in [0.29, 0.717) is 11.6 Å². The third-order valence-corrected chi connectivity index (χ3v) is 5.71. The molecule has 6 nitrogen and oxygen atoms in total. The molecule has 1 aliphatic carbocycles. The van der Waals surface area contributed by atoms with Crippen molar-refractivity contribution in [1.82, 2.24) is 25.2 Å². The molecule has 0 radical (unpaired) electrons. The Balaban J connectivity index is 0.000000709. The molecule has 2 aromatic heterocycles. The highest BCUT2D eigenvalue weighted by Crippen LogP contribution is 2.39. The molecular weight excluding hydrogens is 431 g/mol. The molecule has 2 aromatic rings. The molecule has 1 aliphatic heterocycles. The number of rotatable bonds is 5. The van der Waals surface area contributed by atoms with Crippen LogP contribution >= 0.6 is 0 Å². The molecular formula is C24H34F3N5O. The lowest BCUT2D eigenvalue weighted by Crippen LogP contribution is -2.45. The number of likely N-dealkylation sites (tertiary alicyclic amines) is 1. The maximum absolute atomic E-state index is 12.8. The number of aromatic amines is 1. The first-order valence-corrected chi connectivity index (χ1v) is 11.7. The van der Waals surface area contributed by atoms with Gasteiger partial charge < -0.3 is 15.2 Å². The van der Waals surface area contributed by atoms with Gasteiger partial charge in [0, 0.05) is 36.5 Å². The lowest BCUT2D eigenvalue weighted by Gasteiger charge is -2.33. The summed E-state index contributed by atoms with van der Waals surface area (Å²) in [5, 5.41) is 3.13. The Morgan fingerprint density at radius 3 is 2.42 bits per heavy atom. The molecule has 0 aromatic carbocycles. The minimum Gasteiger partial charge on any atom is -0.376 e. The first-order chi connectivity index (χ1) is 15.6. The van der Waals surface area contributed by atoms with Gasteiger partial charge in [0.05, 0.1) is 24.4 Å². The maximum Gasteiger partial charge on any atom is 0.391 e. The number of halogens is 3. The van der Waals surface area contributed by atoms with Crippen LogP contribution in [0.1, 0.15) is 70.6 Å². The number of allylic oxidation sites excluding steroid dienone is 1. The summed E-state index contributed by atoms with van der Waals surface area (Å²) in [6.45, 7) is 8.66. The van der Waals surface area contributed by atoms with Gasteiger partial charge in [0.1, 0.15) is 5.52 Å². The van der Waals surface area contributed by atoms with E-state index in [0.717, 1.165) is 41.2 Å². The number of H-pyrrole nitrogens is 1. The van der Waals surface area contributed by atoms with E-state index in [9.17, 15) is 18.0 Å². The van der Waals surface area contributed by atoms with Gasteiger partial charge in [-0.2, -0.15) is 13.2 Å². The second kappa shape index (κ2) is 10.6. The van der Waals surface area contributed by atoms with Crippen molar-refractivity contribution in [2.45, 2.75) is 65.5 Å². The van der Waals surface area contributed by atoms with Crippen molar-refractivity contribution >= 4 is 22.8 Å². The van der Waals surface area contributed by atoms with Gasteiger partial charge in [-0.15, -0.1) is 0 Å². The third kappa shape index (κ3) is 6.71. The van der Waals surface area contributed by atoms with Crippen molar-refractivity contribution in [2.24, 2.45) is 11.8 Å². The molecule has 9 heteroatoms. The zero-order valence-corrected chi connectivity index (χ0v) is 19.8. The van der Waals surface area contributed by atoms with Crippen LogP contribution in [0, 0.1) is 11.8 Å². The molecule has 0 unspecified atom stereocenters. The molecule has 1 amide bonds. The third-order valence-electron chi connectivity index (χ3n) is 5.71. The van der Waals surface area contributed by atoms with Crippen molar-refractivity contribution in [3.63, 3.8) is 0 Å². The highest BCUT2D eigenvalue weighted by atomic mass is 19.4. The number of amides is 1. The number of nitrogens with zero attached hydrogens (tertiary/aromatic N) is 3. The van der Waals surface area contributed by atoms with Gasteiger partial charge in [-0.1, -0.05) is 26.8 Å². The number of carbonyl (C=O) groups is 1. The van der Waals surface area contributed by atoms with Crippen LogP contribution in [0.25, 0.3) is 16.9 Å². The number of hydrogen-bond acceptors (Lipinski definition) is 4. The molecule has 3 heterocycles. The molecule has 2 N–H and O–H groups in total. The largest absolute Gasteiger partial charge is 0.391 e. The fraction of sp³-hybridized carbons (Fsp3) is 0.625. The SMILES string of the molecule is CC(C)C.CC=C(NCC(=O)N1CCC(C(F)(F)F)CC1)c1c[nH]c2ncc(C3CC3)nc12. The first kappa shape index (κ1) is 25.1. The van der Waals surface area contributed by atoms with Crippen molar-refractivity contribution < 1.29 is 18.0 Å². The van der Waals surface area contributed by atoms with E-state index >= 15 is 0 Å². The summed E-state index contributed by atoms with van der Waals surface area (Å²) in [5.74, 6) is -0.191. The van der Waals surface area contributed by atoms with E-state index in [1.165, 1.54) is 4.90 Å². The van der Waals surface area contributed by atoms with Gasteiger partial charge in [-0.25, -0.2) is 9.97 Å². The fourth-order valence-electron chi connectivity index (χ4n) is 3.78. The van der Waals surface area contributed by atoms with Crippen LogP contribution in [-0.4, -0.2) is 51.6 Å². The Labute approximate surface area is 193 Å². The van der Waals surface area contributed by atoms with E-state index < -0.39 is 12.1 Å². The monoisotopic (exact) mass is 465 g/mol. The van der Waals surface area contributed by atoms with Crippen LogP contribution in [0.15, 0.2) is 18.5 Å². The first-order valence-electron chi connectivity index (χ1n) is 11.7. The van der Waals surface area contributed by atoms with Crippen LogP contribution in [0.2, 0.25) is 0 Å². The molecule has 4 rings (SSSR count). The number of fused-ring (bicyclic) bond motifs is 1.